The van der Waals surface area contributed by atoms with E-state index in [1.54, 1.807) is 7.05 Å². The zero-order chi connectivity index (χ0) is 17.8. The molecule has 0 spiro atoms. The summed E-state index contributed by atoms with van der Waals surface area (Å²) < 4.78 is 0. The molecule has 1 saturated carbocycles. The van der Waals surface area contributed by atoms with Gasteiger partial charge in [0.05, 0.1) is 5.92 Å². The topological polar surface area (TPSA) is 61.4 Å². The van der Waals surface area contributed by atoms with Gasteiger partial charge >= 0.3 is 0 Å². The number of rotatable bonds is 5. The van der Waals surface area contributed by atoms with Crippen molar-refractivity contribution in [2.45, 2.75) is 57.5 Å². The number of carbonyl (C=O) groups excluding carboxylic acids is 2. The van der Waals surface area contributed by atoms with Gasteiger partial charge in [-0.25, -0.2) is 0 Å². The normalized spacial score (nSPS) is 25.0. The van der Waals surface area contributed by atoms with Crippen molar-refractivity contribution < 1.29 is 9.59 Å². The van der Waals surface area contributed by atoms with Crippen LogP contribution >= 0.6 is 0 Å². The molecule has 0 aromatic heterocycles. The molecule has 25 heavy (non-hydrogen) atoms. The number of hydrogen-bond donors (Lipinski definition) is 2. The van der Waals surface area contributed by atoms with E-state index in [1.807, 2.05) is 17.0 Å². The van der Waals surface area contributed by atoms with E-state index in [4.69, 9.17) is 0 Å². The van der Waals surface area contributed by atoms with E-state index in [9.17, 15) is 9.59 Å². The predicted molar refractivity (Wildman–Crippen MR) is 99.4 cm³/mol. The van der Waals surface area contributed by atoms with Gasteiger partial charge in [0, 0.05) is 37.8 Å². The van der Waals surface area contributed by atoms with E-state index in [0.717, 1.165) is 37.9 Å². The van der Waals surface area contributed by atoms with Gasteiger partial charge in [0.15, 0.2) is 0 Å². The van der Waals surface area contributed by atoms with Crippen LogP contribution in [0.25, 0.3) is 0 Å². The molecule has 2 amide bonds. The Balaban J connectivity index is 1.65. The maximum Gasteiger partial charge on any atom is 0.227 e. The van der Waals surface area contributed by atoms with Crippen LogP contribution in [0.15, 0.2) is 24.3 Å². The maximum atomic E-state index is 12.1. The average molecular weight is 343 g/mol. The van der Waals surface area contributed by atoms with E-state index in [1.165, 1.54) is 12.0 Å². The molecule has 2 N–H and O–H groups in total. The number of amides is 2. The van der Waals surface area contributed by atoms with Crippen molar-refractivity contribution in [3.63, 3.8) is 0 Å². The van der Waals surface area contributed by atoms with Gasteiger partial charge in [0.25, 0.3) is 0 Å². The molecule has 1 saturated heterocycles. The summed E-state index contributed by atoms with van der Waals surface area (Å²) in [6.07, 6.45) is 5.91. The molecule has 3 rings (SSSR count). The first-order valence-corrected chi connectivity index (χ1v) is 9.48. The minimum absolute atomic E-state index is 0.0581. The second-order valence-electron chi connectivity index (χ2n) is 7.24. The Morgan fingerprint density at radius 3 is 2.52 bits per heavy atom. The Bertz CT molecular complexity index is 614. The Hall–Kier alpha value is -1.88. The number of nitrogens with one attached hydrogen (secondary N) is 2. The lowest BCUT2D eigenvalue weighted by atomic mass is 9.83. The maximum absolute atomic E-state index is 12.1. The summed E-state index contributed by atoms with van der Waals surface area (Å²) in [6.45, 7) is 2.97. The lowest BCUT2D eigenvalue weighted by Gasteiger charge is -2.33. The highest BCUT2D eigenvalue weighted by atomic mass is 16.2. The molecule has 0 unspecified atom stereocenters. The number of carbonyl (C=O) groups is 2. The fourth-order valence-corrected chi connectivity index (χ4v) is 4.11. The van der Waals surface area contributed by atoms with E-state index in [2.05, 4.69) is 29.7 Å². The van der Waals surface area contributed by atoms with Crippen LogP contribution in [-0.2, 0) is 9.59 Å². The van der Waals surface area contributed by atoms with Crippen LogP contribution in [0.2, 0.25) is 0 Å². The molecule has 136 valence electrons. The van der Waals surface area contributed by atoms with Gasteiger partial charge in [-0.3, -0.25) is 9.59 Å². The molecule has 2 fully saturated rings. The predicted octanol–water partition coefficient (Wildman–Crippen LogP) is 2.77. The lowest BCUT2D eigenvalue weighted by Crippen LogP contribution is -2.46. The highest BCUT2D eigenvalue weighted by Crippen LogP contribution is 2.28. The van der Waals surface area contributed by atoms with Crippen molar-refractivity contribution in [3.8, 4) is 0 Å². The molecule has 1 heterocycles. The van der Waals surface area contributed by atoms with E-state index in [0.29, 0.717) is 6.42 Å². The zero-order valence-corrected chi connectivity index (χ0v) is 15.3. The van der Waals surface area contributed by atoms with Gasteiger partial charge in [0.2, 0.25) is 11.8 Å². The van der Waals surface area contributed by atoms with Crippen molar-refractivity contribution in [2.24, 2.45) is 5.92 Å². The first kappa shape index (κ1) is 17.9. The van der Waals surface area contributed by atoms with Gasteiger partial charge in [-0.2, -0.15) is 0 Å². The SMILES string of the molecule is CNC(=O)[C@@H]1CCCC[C@@H]1N[C@@H](C)c1ccc(N2CCCC2=O)cc1. The van der Waals surface area contributed by atoms with Gasteiger partial charge in [0.1, 0.15) is 0 Å². The molecular weight excluding hydrogens is 314 g/mol. The van der Waals surface area contributed by atoms with Crippen LogP contribution in [0.4, 0.5) is 5.69 Å². The summed E-state index contributed by atoms with van der Waals surface area (Å²) in [6, 6.07) is 8.66. The Kier molecular flexibility index (Phi) is 5.74. The van der Waals surface area contributed by atoms with Crippen molar-refractivity contribution in [1.82, 2.24) is 10.6 Å². The number of hydrogen-bond acceptors (Lipinski definition) is 3. The number of anilines is 1. The van der Waals surface area contributed by atoms with E-state index >= 15 is 0 Å². The van der Waals surface area contributed by atoms with E-state index < -0.39 is 0 Å². The third kappa shape index (κ3) is 4.03. The standard InChI is InChI=1S/C20H29N3O2/c1-14(22-18-7-4-3-6-17(18)20(25)21-2)15-9-11-16(12-10-15)23-13-5-8-19(23)24/h9-12,14,17-18,22H,3-8,13H2,1-2H3,(H,21,25)/t14-,17+,18-/m0/s1. The Labute approximate surface area is 150 Å². The summed E-state index contributed by atoms with van der Waals surface area (Å²) in [5.74, 6) is 0.421. The second-order valence-corrected chi connectivity index (χ2v) is 7.24. The Morgan fingerprint density at radius 1 is 1.16 bits per heavy atom. The quantitative estimate of drug-likeness (QED) is 0.864. The van der Waals surface area contributed by atoms with Crippen LogP contribution in [0.1, 0.15) is 57.1 Å². The van der Waals surface area contributed by atoms with Gasteiger partial charge in [-0.05, 0) is 43.9 Å². The number of benzene rings is 1. The molecule has 5 nitrogen and oxygen atoms in total. The van der Waals surface area contributed by atoms with Crippen molar-refractivity contribution in [1.29, 1.82) is 0 Å². The van der Waals surface area contributed by atoms with E-state index in [-0.39, 0.29) is 29.8 Å². The fraction of sp³-hybridized carbons (Fsp3) is 0.600. The average Bonchev–Trinajstić information content (AvgIpc) is 3.07. The van der Waals surface area contributed by atoms with Crippen LogP contribution in [-0.4, -0.2) is 31.4 Å². The molecule has 5 heteroatoms. The largest absolute Gasteiger partial charge is 0.359 e. The molecule has 1 aliphatic heterocycles. The van der Waals surface area contributed by atoms with Gasteiger partial charge in [-0.1, -0.05) is 25.0 Å². The van der Waals surface area contributed by atoms with Crippen molar-refractivity contribution in [2.75, 3.05) is 18.5 Å². The summed E-state index contributed by atoms with van der Waals surface area (Å²) in [4.78, 5) is 25.9. The first-order chi connectivity index (χ1) is 12.1. The first-order valence-electron chi connectivity index (χ1n) is 9.48. The summed E-state index contributed by atoms with van der Waals surface area (Å²) in [7, 11) is 1.72. The smallest absolute Gasteiger partial charge is 0.227 e. The third-order valence-corrected chi connectivity index (χ3v) is 5.59. The molecule has 3 atom stereocenters. The van der Waals surface area contributed by atoms with Crippen molar-refractivity contribution >= 4 is 17.5 Å². The molecule has 1 aliphatic carbocycles. The monoisotopic (exact) mass is 343 g/mol. The Morgan fingerprint density at radius 2 is 1.88 bits per heavy atom. The highest BCUT2D eigenvalue weighted by molar-refractivity contribution is 5.95. The van der Waals surface area contributed by atoms with Crippen LogP contribution in [0.5, 0.6) is 0 Å². The number of nitrogens with zero attached hydrogens (tertiary/aromatic N) is 1. The molecule has 0 bridgehead atoms. The van der Waals surface area contributed by atoms with Crippen LogP contribution in [0, 0.1) is 5.92 Å². The summed E-state index contributed by atoms with van der Waals surface area (Å²) >= 11 is 0. The summed E-state index contributed by atoms with van der Waals surface area (Å²) in [5.41, 5.74) is 2.18. The van der Waals surface area contributed by atoms with Crippen LogP contribution in [0.3, 0.4) is 0 Å². The summed E-state index contributed by atoms with van der Waals surface area (Å²) in [5, 5.41) is 6.46. The second kappa shape index (κ2) is 8.00. The minimum Gasteiger partial charge on any atom is -0.359 e. The zero-order valence-electron chi connectivity index (χ0n) is 15.3. The molecular formula is C20H29N3O2. The molecule has 1 aromatic rings. The minimum atomic E-state index is 0.0581. The van der Waals surface area contributed by atoms with Crippen LogP contribution < -0.4 is 15.5 Å². The third-order valence-electron chi connectivity index (χ3n) is 5.59. The lowest BCUT2D eigenvalue weighted by molar-refractivity contribution is -0.126. The van der Waals surface area contributed by atoms with Gasteiger partial charge in [-0.15, -0.1) is 0 Å². The molecule has 0 radical (unpaired) electrons. The molecule has 1 aromatic carbocycles. The highest BCUT2D eigenvalue weighted by Gasteiger charge is 2.31. The van der Waals surface area contributed by atoms with Gasteiger partial charge < -0.3 is 15.5 Å². The fourth-order valence-electron chi connectivity index (χ4n) is 4.11. The molecule has 2 aliphatic rings. The van der Waals surface area contributed by atoms with Crippen molar-refractivity contribution in [3.05, 3.63) is 29.8 Å².